The van der Waals surface area contributed by atoms with E-state index in [0.29, 0.717) is 6.04 Å². The van der Waals surface area contributed by atoms with Crippen molar-refractivity contribution in [2.24, 2.45) is 17.6 Å². The third-order valence-electron chi connectivity index (χ3n) is 4.13. The van der Waals surface area contributed by atoms with E-state index in [-0.39, 0.29) is 0 Å². The molecule has 2 fully saturated rings. The summed E-state index contributed by atoms with van der Waals surface area (Å²) in [6.07, 6.45) is 9.86. The van der Waals surface area contributed by atoms with Crippen molar-refractivity contribution in [3.63, 3.8) is 0 Å². The lowest BCUT2D eigenvalue weighted by Crippen LogP contribution is -2.38. The Bertz CT molecular complexity index is 189. The monoisotopic (exact) mass is 227 g/mol. The first-order valence-corrected chi connectivity index (χ1v) is 7.67. The predicted octanol–water partition coefficient (Wildman–Crippen LogP) is 3.43. The molecule has 0 aliphatic heterocycles. The molecule has 0 bridgehead atoms. The molecule has 88 valence electrons. The van der Waals surface area contributed by atoms with E-state index in [0.717, 1.165) is 17.1 Å². The molecule has 3 atom stereocenters. The van der Waals surface area contributed by atoms with Crippen molar-refractivity contribution in [3.05, 3.63) is 0 Å². The van der Waals surface area contributed by atoms with Gasteiger partial charge in [-0.15, -0.1) is 0 Å². The second-order valence-electron chi connectivity index (χ2n) is 5.60. The lowest BCUT2D eigenvalue weighted by atomic mass is 9.87. The smallest absolute Gasteiger partial charge is 0.0201 e. The van der Waals surface area contributed by atoms with Gasteiger partial charge in [-0.2, -0.15) is 11.8 Å². The van der Waals surface area contributed by atoms with E-state index in [1.807, 2.05) is 0 Å². The normalized spacial score (nSPS) is 38.4. The van der Waals surface area contributed by atoms with Crippen molar-refractivity contribution in [2.45, 2.75) is 63.2 Å². The molecule has 0 aromatic rings. The zero-order chi connectivity index (χ0) is 10.7. The van der Waals surface area contributed by atoms with Crippen LogP contribution in [0.1, 0.15) is 51.9 Å². The molecule has 0 heterocycles. The van der Waals surface area contributed by atoms with E-state index in [1.54, 1.807) is 0 Å². The minimum absolute atomic E-state index is 0.479. The van der Waals surface area contributed by atoms with E-state index < -0.39 is 0 Å². The Labute approximate surface area is 98.6 Å². The number of hydrogen-bond acceptors (Lipinski definition) is 2. The van der Waals surface area contributed by atoms with Gasteiger partial charge in [0.1, 0.15) is 0 Å². The van der Waals surface area contributed by atoms with Crippen LogP contribution in [-0.2, 0) is 0 Å². The summed E-state index contributed by atoms with van der Waals surface area (Å²) >= 11 is 2.18. The zero-order valence-corrected chi connectivity index (χ0v) is 10.8. The van der Waals surface area contributed by atoms with Crippen LogP contribution in [0.15, 0.2) is 0 Å². The van der Waals surface area contributed by atoms with Crippen LogP contribution in [0.3, 0.4) is 0 Å². The molecular formula is C13H25NS. The van der Waals surface area contributed by atoms with E-state index in [2.05, 4.69) is 18.7 Å². The quantitative estimate of drug-likeness (QED) is 0.799. The first-order valence-electron chi connectivity index (χ1n) is 6.63. The number of thioether (sulfide) groups is 1. The van der Waals surface area contributed by atoms with Crippen molar-refractivity contribution in [1.82, 2.24) is 0 Å². The van der Waals surface area contributed by atoms with E-state index in [1.165, 1.54) is 50.7 Å². The van der Waals surface area contributed by atoms with Crippen LogP contribution in [0.4, 0.5) is 0 Å². The number of rotatable bonds is 3. The summed E-state index contributed by atoms with van der Waals surface area (Å²) < 4.78 is 0. The van der Waals surface area contributed by atoms with E-state index in [4.69, 9.17) is 5.73 Å². The molecule has 15 heavy (non-hydrogen) atoms. The Balaban J connectivity index is 1.72. The third kappa shape index (κ3) is 3.39. The second-order valence-corrected chi connectivity index (χ2v) is 6.88. The molecule has 0 radical (unpaired) electrons. The van der Waals surface area contributed by atoms with Gasteiger partial charge >= 0.3 is 0 Å². The van der Waals surface area contributed by atoms with Crippen LogP contribution < -0.4 is 5.73 Å². The van der Waals surface area contributed by atoms with Crippen LogP contribution >= 0.6 is 11.8 Å². The average Bonchev–Trinajstić information content (AvgIpc) is 2.72. The zero-order valence-electron chi connectivity index (χ0n) is 9.95. The van der Waals surface area contributed by atoms with Gasteiger partial charge in [0, 0.05) is 11.3 Å². The maximum atomic E-state index is 6.21. The minimum Gasteiger partial charge on any atom is -0.327 e. The van der Waals surface area contributed by atoms with Crippen LogP contribution in [0.5, 0.6) is 0 Å². The average molecular weight is 227 g/mol. The minimum atomic E-state index is 0.479. The molecule has 2 N–H and O–H groups in total. The molecular weight excluding hydrogens is 202 g/mol. The summed E-state index contributed by atoms with van der Waals surface area (Å²) in [7, 11) is 0. The van der Waals surface area contributed by atoms with Gasteiger partial charge in [0.15, 0.2) is 0 Å². The summed E-state index contributed by atoms with van der Waals surface area (Å²) in [4.78, 5) is 0. The molecule has 3 unspecified atom stereocenters. The van der Waals surface area contributed by atoms with Gasteiger partial charge in [0.2, 0.25) is 0 Å². The molecule has 0 aromatic heterocycles. The molecule has 2 aliphatic carbocycles. The number of nitrogens with two attached hydrogens (primary N) is 1. The van der Waals surface area contributed by atoms with Crippen LogP contribution in [0, 0.1) is 11.8 Å². The Kier molecular flexibility index (Phi) is 4.39. The maximum Gasteiger partial charge on any atom is 0.0201 e. The highest BCUT2D eigenvalue weighted by atomic mass is 32.2. The molecule has 0 saturated heterocycles. The van der Waals surface area contributed by atoms with Crippen molar-refractivity contribution < 1.29 is 0 Å². The first-order chi connectivity index (χ1) is 7.25. The molecule has 1 nitrogen and oxygen atoms in total. The molecule has 0 aromatic carbocycles. The van der Waals surface area contributed by atoms with Gasteiger partial charge in [-0.1, -0.05) is 19.8 Å². The van der Waals surface area contributed by atoms with Crippen molar-refractivity contribution >= 4 is 11.8 Å². The van der Waals surface area contributed by atoms with Crippen molar-refractivity contribution in [2.75, 3.05) is 5.75 Å². The Morgan fingerprint density at radius 2 is 1.87 bits per heavy atom. The van der Waals surface area contributed by atoms with Crippen molar-refractivity contribution in [3.8, 4) is 0 Å². The van der Waals surface area contributed by atoms with Gasteiger partial charge in [-0.25, -0.2) is 0 Å². The fourth-order valence-electron chi connectivity index (χ4n) is 2.98. The molecule has 2 rings (SSSR count). The molecule has 0 spiro atoms. The highest BCUT2D eigenvalue weighted by molar-refractivity contribution is 7.99. The lowest BCUT2D eigenvalue weighted by Gasteiger charge is -2.32. The highest BCUT2D eigenvalue weighted by Gasteiger charge is 2.27. The van der Waals surface area contributed by atoms with Crippen LogP contribution in [0.2, 0.25) is 0 Å². The first kappa shape index (κ1) is 11.8. The standard InChI is InChI=1S/C13H25NS/c1-10-6-7-12(14)13(8-10)15-9-11-4-2-3-5-11/h10-13H,2-9,14H2,1H3. The Morgan fingerprint density at radius 1 is 1.13 bits per heavy atom. The van der Waals surface area contributed by atoms with Gasteiger partial charge in [0.05, 0.1) is 0 Å². The maximum absolute atomic E-state index is 6.21. The SMILES string of the molecule is CC1CCC(N)C(SCC2CCCC2)C1. The Hall–Kier alpha value is 0.310. The van der Waals surface area contributed by atoms with Crippen molar-refractivity contribution in [1.29, 1.82) is 0 Å². The fourth-order valence-corrected chi connectivity index (χ4v) is 4.68. The van der Waals surface area contributed by atoms with Gasteiger partial charge in [-0.05, 0) is 49.7 Å². The summed E-state index contributed by atoms with van der Waals surface area (Å²) in [6.45, 7) is 2.38. The van der Waals surface area contributed by atoms with E-state index in [9.17, 15) is 0 Å². The van der Waals surface area contributed by atoms with Crippen LogP contribution in [-0.4, -0.2) is 17.0 Å². The Morgan fingerprint density at radius 3 is 2.60 bits per heavy atom. The van der Waals surface area contributed by atoms with Gasteiger partial charge in [0.25, 0.3) is 0 Å². The molecule has 2 aliphatic rings. The van der Waals surface area contributed by atoms with E-state index >= 15 is 0 Å². The van der Waals surface area contributed by atoms with Gasteiger partial charge in [-0.3, -0.25) is 0 Å². The van der Waals surface area contributed by atoms with Gasteiger partial charge < -0.3 is 5.73 Å². The summed E-state index contributed by atoms with van der Waals surface area (Å²) in [5.41, 5.74) is 6.21. The molecule has 2 heteroatoms. The van der Waals surface area contributed by atoms with Crippen LogP contribution in [0.25, 0.3) is 0 Å². The highest BCUT2D eigenvalue weighted by Crippen LogP contribution is 2.35. The third-order valence-corrected chi connectivity index (χ3v) is 5.76. The fraction of sp³-hybridized carbons (Fsp3) is 1.00. The topological polar surface area (TPSA) is 26.0 Å². The summed E-state index contributed by atoms with van der Waals surface area (Å²) in [5.74, 6) is 3.30. The lowest BCUT2D eigenvalue weighted by molar-refractivity contribution is 0.357. The summed E-state index contributed by atoms with van der Waals surface area (Å²) in [6, 6.07) is 0.479. The summed E-state index contributed by atoms with van der Waals surface area (Å²) in [5, 5.41) is 0.759. The predicted molar refractivity (Wildman–Crippen MR) is 69.2 cm³/mol. The largest absolute Gasteiger partial charge is 0.327 e. The number of hydrogen-bond donors (Lipinski definition) is 1. The molecule has 2 saturated carbocycles. The second kappa shape index (κ2) is 5.58. The molecule has 0 amide bonds.